The van der Waals surface area contributed by atoms with Crippen molar-refractivity contribution in [2.75, 3.05) is 12.4 Å². The minimum absolute atomic E-state index is 0.00940. The second-order valence-corrected chi connectivity index (χ2v) is 4.96. The lowest BCUT2D eigenvalue weighted by molar-refractivity contribution is -0.146. The van der Waals surface area contributed by atoms with Gasteiger partial charge in [-0.05, 0) is 24.6 Å². The summed E-state index contributed by atoms with van der Waals surface area (Å²) in [5.74, 6) is -1.74. The first-order valence-corrected chi connectivity index (χ1v) is 6.37. The molecule has 1 unspecified atom stereocenters. The van der Waals surface area contributed by atoms with Gasteiger partial charge in [0, 0.05) is 24.2 Å². The van der Waals surface area contributed by atoms with Gasteiger partial charge in [0.2, 0.25) is 5.91 Å². The fourth-order valence-electron chi connectivity index (χ4n) is 2.06. The lowest BCUT2D eigenvalue weighted by atomic mass is 10.0. The topological polar surface area (TPSA) is 86.7 Å². The molecule has 1 heterocycles. The standard InChI is InChI=1S/C13H13ClN2O4/c1-16-11(17)5-4-10(12(16)18)15-9-3-2-7(14)6-8(9)13(19)20/h2-3,6,10,15H,4-5H2,1H3,(H,19,20). The van der Waals surface area contributed by atoms with E-state index in [2.05, 4.69) is 5.32 Å². The SMILES string of the molecule is CN1C(=O)CCC(Nc2ccc(Cl)cc2C(=O)O)C1=O. The van der Waals surface area contributed by atoms with Crippen LogP contribution in [0.1, 0.15) is 23.2 Å². The minimum atomic E-state index is -1.14. The number of carboxylic acid groups (broad SMARTS) is 1. The molecule has 0 spiro atoms. The number of anilines is 1. The van der Waals surface area contributed by atoms with Gasteiger partial charge in [-0.2, -0.15) is 0 Å². The number of piperidine rings is 1. The quantitative estimate of drug-likeness (QED) is 0.827. The Labute approximate surface area is 120 Å². The summed E-state index contributed by atoms with van der Waals surface area (Å²) < 4.78 is 0. The fourth-order valence-corrected chi connectivity index (χ4v) is 2.23. The number of likely N-dealkylation sites (tertiary alicyclic amines) is 1. The third kappa shape index (κ3) is 2.75. The molecule has 0 aromatic heterocycles. The molecule has 1 atom stereocenters. The van der Waals surface area contributed by atoms with Crippen molar-refractivity contribution in [3.8, 4) is 0 Å². The molecule has 20 heavy (non-hydrogen) atoms. The highest BCUT2D eigenvalue weighted by Gasteiger charge is 2.32. The van der Waals surface area contributed by atoms with Crippen LogP contribution in [0.2, 0.25) is 5.02 Å². The Balaban J connectivity index is 2.24. The van der Waals surface area contributed by atoms with Crippen LogP contribution in [0.25, 0.3) is 0 Å². The number of carbonyl (C=O) groups is 3. The van der Waals surface area contributed by atoms with Gasteiger partial charge in [-0.25, -0.2) is 4.79 Å². The van der Waals surface area contributed by atoms with Crippen molar-refractivity contribution in [2.45, 2.75) is 18.9 Å². The first-order valence-electron chi connectivity index (χ1n) is 6.00. The molecule has 1 aromatic rings. The summed E-state index contributed by atoms with van der Waals surface area (Å²) in [4.78, 5) is 35.6. The number of benzene rings is 1. The Morgan fingerprint density at radius 2 is 2.15 bits per heavy atom. The molecule has 0 saturated carbocycles. The monoisotopic (exact) mass is 296 g/mol. The third-order valence-corrected chi connectivity index (χ3v) is 3.43. The molecule has 2 amide bonds. The number of aromatic carboxylic acids is 1. The van der Waals surface area contributed by atoms with Crippen molar-refractivity contribution < 1.29 is 19.5 Å². The van der Waals surface area contributed by atoms with Gasteiger partial charge in [-0.1, -0.05) is 11.6 Å². The van der Waals surface area contributed by atoms with Gasteiger partial charge in [0.25, 0.3) is 5.91 Å². The number of likely N-dealkylation sites (N-methyl/N-ethyl adjacent to an activating group) is 1. The molecule has 0 bridgehead atoms. The second kappa shape index (κ2) is 5.50. The highest BCUT2D eigenvalue weighted by molar-refractivity contribution is 6.31. The van der Waals surface area contributed by atoms with Crippen molar-refractivity contribution in [3.05, 3.63) is 28.8 Å². The summed E-state index contributed by atoms with van der Waals surface area (Å²) in [5.41, 5.74) is 0.299. The number of halogens is 1. The van der Waals surface area contributed by atoms with Crippen LogP contribution in [0.5, 0.6) is 0 Å². The predicted octanol–water partition coefficient (Wildman–Crippen LogP) is 1.60. The van der Waals surface area contributed by atoms with Crippen LogP contribution in [-0.4, -0.2) is 40.9 Å². The van der Waals surface area contributed by atoms with Crippen molar-refractivity contribution in [2.24, 2.45) is 0 Å². The van der Waals surface area contributed by atoms with E-state index in [-0.39, 0.29) is 23.8 Å². The Morgan fingerprint density at radius 1 is 1.45 bits per heavy atom. The van der Waals surface area contributed by atoms with Crippen molar-refractivity contribution in [3.63, 3.8) is 0 Å². The number of nitrogens with zero attached hydrogens (tertiary/aromatic N) is 1. The van der Waals surface area contributed by atoms with Crippen LogP contribution in [-0.2, 0) is 9.59 Å². The zero-order valence-electron chi connectivity index (χ0n) is 10.7. The van der Waals surface area contributed by atoms with Crippen LogP contribution in [0.4, 0.5) is 5.69 Å². The Hall–Kier alpha value is -2.08. The summed E-state index contributed by atoms with van der Waals surface area (Å²) >= 11 is 5.76. The number of amides is 2. The maximum absolute atomic E-state index is 12.0. The first kappa shape index (κ1) is 14.3. The molecule has 7 heteroatoms. The number of carbonyl (C=O) groups excluding carboxylic acids is 2. The third-order valence-electron chi connectivity index (χ3n) is 3.19. The molecule has 0 aliphatic carbocycles. The van der Waals surface area contributed by atoms with E-state index in [0.717, 1.165) is 4.90 Å². The first-order chi connectivity index (χ1) is 9.40. The number of hydrogen-bond acceptors (Lipinski definition) is 4. The average Bonchev–Trinajstić information content (AvgIpc) is 2.41. The number of nitrogens with one attached hydrogen (secondary N) is 1. The normalized spacial score (nSPS) is 19.1. The molecule has 1 aliphatic rings. The molecule has 106 valence electrons. The maximum Gasteiger partial charge on any atom is 0.337 e. The lowest BCUT2D eigenvalue weighted by Gasteiger charge is -2.29. The van der Waals surface area contributed by atoms with Gasteiger partial charge in [-0.15, -0.1) is 0 Å². The summed E-state index contributed by atoms with van der Waals surface area (Å²) in [5, 5.41) is 12.3. The Kier molecular flexibility index (Phi) is 3.94. The largest absolute Gasteiger partial charge is 0.478 e. The number of rotatable bonds is 3. The molecular formula is C13H13ClN2O4. The highest BCUT2D eigenvalue weighted by atomic mass is 35.5. The molecule has 1 aliphatic heterocycles. The van der Waals surface area contributed by atoms with E-state index in [9.17, 15) is 14.4 Å². The summed E-state index contributed by atoms with van der Waals surface area (Å²) in [6.45, 7) is 0. The van der Waals surface area contributed by atoms with Gasteiger partial charge in [0.05, 0.1) is 5.56 Å². The average molecular weight is 297 g/mol. The van der Waals surface area contributed by atoms with Crippen molar-refractivity contribution in [1.29, 1.82) is 0 Å². The second-order valence-electron chi connectivity index (χ2n) is 4.52. The summed E-state index contributed by atoms with van der Waals surface area (Å²) in [6, 6.07) is 3.75. The van der Waals surface area contributed by atoms with E-state index in [1.165, 1.54) is 19.2 Å². The molecule has 6 nitrogen and oxygen atoms in total. The Morgan fingerprint density at radius 3 is 2.80 bits per heavy atom. The molecule has 1 aromatic carbocycles. The Bertz CT molecular complexity index is 588. The van der Waals surface area contributed by atoms with Crippen LogP contribution >= 0.6 is 11.6 Å². The van der Waals surface area contributed by atoms with Crippen LogP contribution in [0, 0.1) is 0 Å². The van der Waals surface area contributed by atoms with Gasteiger partial charge in [0.1, 0.15) is 6.04 Å². The van der Waals surface area contributed by atoms with Crippen molar-refractivity contribution in [1.82, 2.24) is 4.90 Å². The van der Waals surface area contributed by atoms with E-state index >= 15 is 0 Å². The van der Waals surface area contributed by atoms with Gasteiger partial charge >= 0.3 is 5.97 Å². The zero-order chi connectivity index (χ0) is 14.9. The van der Waals surface area contributed by atoms with E-state index in [1.54, 1.807) is 6.07 Å². The lowest BCUT2D eigenvalue weighted by Crippen LogP contribution is -2.48. The van der Waals surface area contributed by atoms with E-state index in [4.69, 9.17) is 16.7 Å². The van der Waals surface area contributed by atoms with Crippen LogP contribution in [0.15, 0.2) is 18.2 Å². The van der Waals surface area contributed by atoms with E-state index < -0.39 is 12.0 Å². The van der Waals surface area contributed by atoms with E-state index in [0.29, 0.717) is 17.1 Å². The molecule has 0 radical (unpaired) electrons. The minimum Gasteiger partial charge on any atom is -0.478 e. The molecule has 2 N–H and O–H groups in total. The molecule has 2 rings (SSSR count). The maximum atomic E-state index is 12.0. The molecular weight excluding hydrogens is 284 g/mol. The molecule has 1 saturated heterocycles. The highest BCUT2D eigenvalue weighted by Crippen LogP contribution is 2.24. The smallest absolute Gasteiger partial charge is 0.337 e. The van der Waals surface area contributed by atoms with Gasteiger partial charge < -0.3 is 10.4 Å². The molecule has 1 fully saturated rings. The van der Waals surface area contributed by atoms with Crippen molar-refractivity contribution >= 4 is 35.1 Å². The van der Waals surface area contributed by atoms with Crippen LogP contribution < -0.4 is 5.32 Å². The number of carboxylic acids is 1. The fraction of sp³-hybridized carbons (Fsp3) is 0.308. The summed E-state index contributed by atoms with van der Waals surface area (Å²) in [7, 11) is 1.42. The van der Waals surface area contributed by atoms with E-state index in [1.807, 2.05) is 0 Å². The number of imide groups is 1. The predicted molar refractivity (Wildman–Crippen MR) is 72.8 cm³/mol. The summed E-state index contributed by atoms with van der Waals surface area (Å²) in [6.07, 6.45) is 0.583. The van der Waals surface area contributed by atoms with Gasteiger partial charge in [-0.3, -0.25) is 14.5 Å². The van der Waals surface area contributed by atoms with Crippen LogP contribution in [0.3, 0.4) is 0 Å². The number of hydrogen-bond donors (Lipinski definition) is 2. The van der Waals surface area contributed by atoms with Gasteiger partial charge in [0.15, 0.2) is 0 Å². The zero-order valence-corrected chi connectivity index (χ0v) is 11.5.